The van der Waals surface area contributed by atoms with E-state index in [1.165, 1.54) is 12.1 Å². The van der Waals surface area contributed by atoms with E-state index in [1.54, 1.807) is 12.0 Å². The van der Waals surface area contributed by atoms with Crippen LogP contribution in [0.4, 0.5) is 19.1 Å². The molecule has 1 aromatic carbocycles. The van der Waals surface area contributed by atoms with Gasteiger partial charge in [0.15, 0.2) is 11.1 Å². The normalized spacial score (nSPS) is 19.5. The Morgan fingerprint density at radius 3 is 2.80 bits per heavy atom. The van der Waals surface area contributed by atoms with Gasteiger partial charge in [-0.25, -0.2) is 13.2 Å². The average Bonchev–Trinajstić information content (AvgIpc) is 3.49. The second kappa shape index (κ2) is 8.94. The predicted octanol–water partition coefficient (Wildman–Crippen LogP) is 2.70. The molecule has 3 aliphatic heterocycles. The number of methoxy groups -OCH3 is 1. The van der Waals surface area contributed by atoms with Gasteiger partial charge in [-0.05, 0) is 0 Å². The molecule has 0 spiro atoms. The fraction of sp³-hybridized carbons (Fsp3) is 0.542. The number of halogens is 3. The molecule has 1 saturated heterocycles. The Balaban J connectivity index is 1.49. The van der Waals surface area contributed by atoms with E-state index in [0.717, 1.165) is 17.3 Å². The Morgan fingerprint density at radius 1 is 1.31 bits per heavy atom. The smallest absolute Gasteiger partial charge is 0.273 e. The molecule has 11 heteroatoms. The lowest BCUT2D eigenvalue weighted by Gasteiger charge is -2.37. The summed E-state index contributed by atoms with van der Waals surface area (Å²) in [6.45, 7) is 3.51. The maximum Gasteiger partial charge on any atom is 0.273 e. The van der Waals surface area contributed by atoms with Crippen molar-refractivity contribution in [1.82, 2.24) is 14.5 Å². The Labute approximate surface area is 200 Å². The SMILES string of the molecule is COC1(C(=O)N2Cc3c(n4c(nc3=NCc3cccc(C(C)(F)F)c3F)NCC4)C2)CCOCC1. The molecule has 4 heterocycles. The summed E-state index contributed by atoms with van der Waals surface area (Å²) in [6, 6.07) is 3.92. The third-order valence-electron chi connectivity index (χ3n) is 7.04. The highest BCUT2D eigenvalue weighted by molar-refractivity contribution is 5.86. The van der Waals surface area contributed by atoms with Crippen molar-refractivity contribution >= 4 is 11.9 Å². The van der Waals surface area contributed by atoms with Gasteiger partial charge in [-0.3, -0.25) is 9.79 Å². The molecule has 188 valence electrons. The van der Waals surface area contributed by atoms with E-state index < -0.39 is 22.9 Å². The minimum Gasteiger partial charge on any atom is -0.381 e. The third-order valence-corrected chi connectivity index (χ3v) is 7.04. The van der Waals surface area contributed by atoms with Gasteiger partial charge < -0.3 is 24.3 Å². The van der Waals surface area contributed by atoms with E-state index in [1.807, 2.05) is 4.57 Å². The van der Waals surface area contributed by atoms with Crippen molar-refractivity contribution in [3.05, 3.63) is 51.9 Å². The number of ether oxygens (including phenoxy) is 2. The number of nitrogens with zero attached hydrogens (tertiary/aromatic N) is 4. The van der Waals surface area contributed by atoms with Gasteiger partial charge in [0.1, 0.15) is 5.82 Å². The molecular weight excluding hydrogens is 463 g/mol. The number of hydrogen-bond acceptors (Lipinski definition) is 6. The highest BCUT2D eigenvalue weighted by Gasteiger charge is 2.45. The molecular formula is C24H28F3N5O3. The first-order valence-corrected chi connectivity index (χ1v) is 11.7. The van der Waals surface area contributed by atoms with Crippen molar-refractivity contribution in [2.24, 2.45) is 4.99 Å². The van der Waals surface area contributed by atoms with Crippen molar-refractivity contribution < 1.29 is 27.4 Å². The highest BCUT2D eigenvalue weighted by atomic mass is 19.3. The molecule has 0 unspecified atom stereocenters. The van der Waals surface area contributed by atoms with Gasteiger partial charge in [-0.1, -0.05) is 18.2 Å². The number of alkyl halides is 2. The van der Waals surface area contributed by atoms with Crippen LogP contribution in [-0.2, 0) is 46.4 Å². The summed E-state index contributed by atoms with van der Waals surface area (Å²) < 4.78 is 55.5. The summed E-state index contributed by atoms with van der Waals surface area (Å²) in [7, 11) is 1.55. The van der Waals surface area contributed by atoms with Gasteiger partial charge >= 0.3 is 0 Å². The van der Waals surface area contributed by atoms with E-state index in [9.17, 15) is 18.0 Å². The molecule has 0 saturated carbocycles. The van der Waals surface area contributed by atoms with Crippen LogP contribution in [0.15, 0.2) is 23.2 Å². The number of carbonyl (C=O) groups is 1. The van der Waals surface area contributed by atoms with Crippen molar-refractivity contribution in [3.8, 4) is 0 Å². The largest absolute Gasteiger partial charge is 0.381 e. The second-order valence-electron chi connectivity index (χ2n) is 9.22. The molecule has 5 rings (SSSR count). The minimum absolute atomic E-state index is 0.0622. The number of fused-ring (bicyclic) bond motifs is 3. The summed E-state index contributed by atoms with van der Waals surface area (Å²) in [6.07, 6.45) is 0.963. The van der Waals surface area contributed by atoms with E-state index in [-0.39, 0.29) is 18.0 Å². The maximum absolute atomic E-state index is 14.8. The van der Waals surface area contributed by atoms with Crippen LogP contribution < -0.4 is 10.8 Å². The van der Waals surface area contributed by atoms with Gasteiger partial charge in [0.2, 0.25) is 5.95 Å². The second-order valence-corrected chi connectivity index (χ2v) is 9.22. The van der Waals surface area contributed by atoms with Crippen LogP contribution in [0.5, 0.6) is 0 Å². The summed E-state index contributed by atoms with van der Waals surface area (Å²) in [5.74, 6) is -3.74. The monoisotopic (exact) mass is 491 g/mol. The summed E-state index contributed by atoms with van der Waals surface area (Å²) in [5.41, 5.74) is 0.551. The Bertz CT molecular complexity index is 1220. The van der Waals surface area contributed by atoms with Gasteiger partial charge in [-0.15, -0.1) is 0 Å². The summed E-state index contributed by atoms with van der Waals surface area (Å²) >= 11 is 0. The molecule has 0 bridgehead atoms. The van der Waals surface area contributed by atoms with E-state index in [0.29, 0.717) is 70.6 Å². The Morgan fingerprint density at radius 2 is 2.09 bits per heavy atom. The zero-order valence-corrected chi connectivity index (χ0v) is 19.7. The first-order chi connectivity index (χ1) is 16.7. The first-order valence-electron chi connectivity index (χ1n) is 11.7. The zero-order valence-electron chi connectivity index (χ0n) is 19.7. The van der Waals surface area contributed by atoms with Crippen LogP contribution in [0.3, 0.4) is 0 Å². The summed E-state index contributed by atoms with van der Waals surface area (Å²) in [4.78, 5) is 24.4. The van der Waals surface area contributed by atoms with Crippen LogP contribution in [0, 0.1) is 5.82 Å². The highest BCUT2D eigenvalue weighted by Crippen LogP contribution is 2.33. The minimum atomic E-state index is -3.30. The number of amides is 1. The fourth-order valence-electron chi connectivity index (χ4n) is 5.04. The molecule has 1 aromatic heterocycles. The van der Waals surface area contributed by atoms with Crippen LogP contribution in [0.25, 0.3) is 0 Å². The molecule has 1 fully saturated rings. The molecule has 1 amide bonds. The predicted molar refractivity (Wildman–Crippen MR) is 120 cm³/mol. The molecule has 0 atom stereocenters. The topological polar surface area (TPSA) is 81.0 Å². The third kappa shape index (κ3) is 4.20. The number of aromatic nitrogens is 2. The van der Waals surface area contributed by atoms with Crippen LogP contribution >= 0.6 is 0 Å². The number of benzene rings is 1. The van der Waals surface area contributed by atoms with Gasteiger partial charge in [0.25, 0.3) is 11.8 Å². The molecule has 8 nitrogen and oxygen atoms in total. The van der Waals surface area contributed by atoms with Crippen molar-refractivity contribution in [2.75, 3.05) is 32.2 Å². The molecule has 1 N–H and O–H groups in total. The molecule has 35 heavy (non-hydrogen) atoms. The fourth-order valence-corrected chi connectivity index (χ4v) is 5.04. The average molecular weight is 492 g/mol. The van der Waals surface area contributed by atoms with E-state index >= 15 is 0 Å². The lowest BCUT2D eigenvalue weighted by Crippen LogP contribution is -2.52. The van der Waals surface area contributed by atoms with Gasteiger partial charge in [-0.2, -0.15) is 4.98 Å². The molecule has 0 aliphatic carbocycles. The van der Waals surface area contributed by atoms with E-state index in [4.69, 9.17) is 9.47 Å². The lowest BCUT2D eigenvalue weighted by atomic mass is 9.92. The Hall–Kier alpha value is -2.92. The molecule has 2 aromatic rings. The number of carbonyl (C=O) groups excluding carboxylic acids is 1. The molecule has 0 radical (unpaired) electrons. The number of nitrogens with one attached hydrogen (secondary N) is 1. The zero-order chi connectivity index (χ0) is 24.8. The standard InChI is InChI=1S/C24H28F3N5O3/c1-23(26,27)17-5-3-4-15(19(17)25)12-29-20-16-13-31(14-18(16)32-9-8-28-22(32)30-20)21(33)24(34-2)6-10-35-11-7-24/h3-5H,6-14H2,1-2H3,(H,28,29,30). The quantitative estimate of drug-likeness (QED) is 0.696. The number of hydrogen-bond donors (Lipinski definition) is 1. The van der Waals surface area contributed by atoms with Crippen LogP contribution in [-0.4, -0.2) is 52.8 Å². The number of rotatable bonds is 5. The van der Waals surface area contributed by atoms with Gasteiger partial charge in [0, 0.05) is 70.0 Å². The Kier molecular flexibility index (Phi) is 6.08. The number of anilines is 1. The van der Waals surface area contributed by atoms with Crippen LogP contribution in [0.1, 0.15) is 42.1 Å². The maximum atomic E-state index is 14.8. The molecule has 3 aliphatic rings. The summed E-state index contributed by atoms with van der Waals surface area (Å²) in [5, 5.41) is 3.21. The van der Waals surface area contributed by atoms with Crippen molar-refractivity contribution in [3.63, 3.8) is 0 Å². The van der Waals surface area contributed by atoms with E-state index in [2.05, 4.69) is 15.3 Å². The van der Waals surface area contributed by atoms with Crippen molar-refractivity contribution in [1.29, 1.82) is 0 Å². The van der Waals surface area contributed by atoms with Crippen LogP contribution in [0.2, 0.25) is 0 Å². The van der Waals surface area contributed by atoms with Gasteiger partial charge in [0.05, 0.1) is 25.2 Å². The lowest BCUT2D eigenvalue weighted by molar-refractivity contribution is -0.167. The first kappa shape index (κ1) is 23.8. The van der Waals surface area contributed by atoms with Crippen molar-refractivity contribution in [2.45, 2.75) is 57.5 Å².